The molecule has 1 heterocycles. The largest absolute Gasteiger partial charge is 0.371 e. The third-order valence-corrected chi connectivity index (χ3v) is 3.60. The third-order valence-electron chi connectivity index (χ3n) is 3.60. The summed E-state index contributed by atoms with van der Waals surface area (Å²) in [6.07, 6.45) is 0. The van der Waals surface area contributed by atoms with Gasteiger partial charge in [0.2, 0.25) is 0 Å². The molecule has 0 amide bonds. The normalized spacial score (nSPS) is 21.3. The molecule has 1 aliphatic rings. The standard InChI is InChI=1S/C12H17N.CH3.Y/c1-9-12(2,3)10-7-5-6-8-11(10)13(9)4;;/h5-9H,1-4H3;1H3;/q;-1;. The first-order valence-electron chi connectivity index (χ1n) is 4.87. The van der Waals surface area contributed by atoms with Crippen molar-refractivity contribution in [1.29, 1.82) is 0 Å². The van der Waals surface area contributed by atoms with Crippen LogP contribution in [0.1, 0.15) is 26.3 Å². The first-order chi connectivity index (χ1) is 6.05. The molecule has 0 spiro atoms. The monoisotopic (exact) mass is 279 g/mol. The van der Waals surface area contributed by atoms with Crippen LogP contribution in [0.4, 0.5) is 5.69 Å². The zero-order valence-electron chi connectivity index (χ0n) is 10.4. The molecule has 1 unspecified atom stereocenters. The van der Waals surface area contributed by atoms with E-state index in [0.29, 0.717) is 6.04 Å². The van der Waals surface area contributed by atoms with Crippen molar-refractivity contribution in [3.63, 3.8) is 0 Å². The third kappa shape index (κ3) is 2.14. The minimum absolute atomic E-state index is 0. The fraction of sp³-hybridized carbons (Fsp3) is 0.462. The van der Waals surface area contributed by atoms with Gasteiger partial charge in [-0.25, -0.2) is 0 Å². The molecule has 0 fully saturated rings. The van der Waals surface area contributed by atoms with Gasteiger partial charge in [0, 0.05) is 56.9 Å². The molecule has 1 aromatic carbocycles. The SMILES string of the molecule is CC1N(C)c2ccccc2C1(C)C.[CH3-].[Y]. The molecule has 1 nitrogen and oxygen atoms in total. The molecule has 2 heteroatoms. The van der Waals surface area contributed by atoms with Gasteiger partial charge in [0.15, 0.2) is 0 Å². The van der Waals surface area contributed by atoms with E-state index in [2.05, 4.69) is 57.0 Å². The van der Waals surface area contributed by atoms with E-state index < -0.39 is 0 Å². The summed E-state index contributed by atoms with van der Waals surface area (Å²) in [4.78, 5) is 2.37. The van der Waals surface area contributed by atoms with E-state index in [1.54, 1.807) is 0 Å². The van der Waals surface area contributed by atoms with E-state index in [1.807, 2.05) is 0 Å². The molecule has 1 aliphatic heterocycles. The van der Waals surface area contributed by atoms with Gasteiger partial charge in [-0.1, -0.05) is 32.0 Å². The van der Waals surface area contributed by atoms with Crippen molar-refractivity contribution in [3.8, 4) is 0 Å². The number of fused-ring (bicyclic) bond motifs is 1. The predicted molar refractivity (Wildman–Crippen MR) is 63.7 cm³/mol. The Morgan fingerprint density at radius 3 is 2.27 bits per heavy atom. The van der Waals surface area contributed by atoms with Gasteiger partial charge < -0.3 is 12.3 Å². The summed E-state index contributed by atoms with van der Waals surface area (Å²) in [6, 6.07) is 9.29. The first-order valence-corrected chi connectivity index (χ1v) is 4.87. The average Bonchev–Trinajstić information content (AvgIpc) is 2.30. The number of hydrogen-bond acceptors (Lipinski definition) is 1. The van der Waals surface area contributed by atoms with Crippen LogP contribution in [0.3, 0.4) is 0 Å². The van der Waals surface area contributed by atoms with Gasteiger partial charge in [-0.05, 0) is 18.6 Å². The average molecular weight is 279 g/mol. The van der Waals surface area contributed by atoms with E-state index in [0.717, 1.165) is 0 Å². The number of anilines is 1. The number of hydrogen-bond donors (Lipinski definition) is 0. The minimum Gasteiger partial charge on any atom is -0.371 e. The van der Waals surface area contributed by atoms with Gasteiger partial charge in [0.1, 0.15) is 0 Å². The second kappa shape index (κ2) is 4.97. The van der Waals surface area contributed by atoms with E-state index in [-0.39, 0.29) is 45.6 Å². The maximum atomic E-state index is 2.37. The quantitative estimate of drug-likeness (QED) is 0.659. The molecule has 1 radical (unpaired) electrons. The van der Waals surface area contributed by atoms with Crippen LogP contribution < -0.4 is 4.90 Å². The van der Waals surface area contributed by atoms with Crippen molar-refractivity contribution in [3.05, 3.63) is 37.3 Å². The summed E-state index contributed by atoms with van der Waals surface area (Å²) in [5, 5.41) is 0. The van der Waals surface area contributed by atoms with E-state index in [4.69, 9.17) is 0 Å². The van der Waals surface area contributed by atoms with Crippen LogP contribution in [0.5, 0.6) is 0 Å². The Labute approximate surface area is 119 Å². The minimum atomic E-state index is 0. The molecule has 0 saturated carbocycles. The van der Waals surface area contributed by atoms with Gasteiger partial charge in [-0.3, -0.25) is 0 Å². The van der Waals surface area contributed by atoms with Gasteiger partial charge >= 0.3 is 0 Å². The summed E-state index contributed by atoms with van der Waals surface area (Å²) in [7, 11) is 2.18. The number of nitrogens with zero attached hydrogens (tertiary/aromatic N) is 1. The van der Waals surface area contributed by atoms with Crippen molar-refractivity contribution < 1.29 is 32.7 Å². The molecule has 0 saturated heterocycles. The molecule has 0 bridgehead atoms. The van der Waals surface area contributed by atoms with Crippen LogP contribution in [0, 0.1) is 7.43 Å². The maximum Gasteiger partial charge on any atom is 0.0405 e. The molecule has 2 rings (SSSR count). The Bertz CT molecular complexity index is 333. The topological polar surface area (TPSA) is 3.24 Å². The van der Waals surface area contributed by atoms with E-state index >= 15 is 0 Å². The molecular weight excluding hydrogens is 259 g/mol. The Kier molecular flexibility index (Phi) is 5.01. The van der Waals surface area contributed by atoms with Crippen LogP contribution in [0.25, 0.3) is 0 Å². The number of para-hydroxylation sites is 1. The summed E-state index contributed by atoms with van der Waals surface area (Å²) in [6.45, 7) is 6.93. The Balaban J connectivity index is 0.000000980. The molecule has 15 heavy (non-hydrogen) atoms. The van der Waals surface area contributed by atoms with Gasteiger partial charge in [-0.2, -0.15) is 0 Å². The zero-order chi connectivity index (χ0) is 9.64. The van der Waals surface area contributed by atoms with Crippen LogP contribution in [0.15, 0.2) is 24.3 Å². The first kappa shape index (κ1) is 15.1. The van der Waals surface area contributed by atoms with Crippen LogP contribution >= 0.6 is 0 Å². The second-order valence-corrected chi connectivity index (χ2v) is 4.53. The fourth-order valence-electron chi connectivity index (χ4n) is 2.24. The smallest absolute Gasteiger partial charge is 0.0405 e. The number of benzene rings is 1. The summed E-state index contributed by atoms with van der Waals surface area (Å²) >= 11 is 0. The van der Waals surface area contributed by atoms with Crippen LogP contribution in [-0.4, -0.2) is 13.1 Å². The van der Waals surface area contributed by atoms with Gasteiger partial charge in [-0.15, -0.1) is 0 Å². The van der Waals surface area contributed by atoms with Crippen LogP contribution in [0.2, 0.25) is 0 Å². The number of likely N-dealkylation sites (N-methyl/N-ethyl adjacent to an activating group) is 1. The molecular formula is C13H20NY-. The molecule has 0 aromatic heterocycles. The molecule has 81 valence electrons. The van der Waals surface area contributed by atoms with Crippen molar-refractivity contribution in [2.75, 3.05) is 11.9 Å². The van der Waals surface area contributed by atoms with Crippen molar-refractivity contribution >= 4 is 5.69 Å². The van der Waals surface area contributed by atoms with E-state index in [1.165, 1.54) is 11.3 Å². The molecule has 0 N–H and O–H groups in total. The van der Waals surface area contributed by atoms with Gasteiger partial charge in [0.05, 0.1) is 0 Å². The van der Waals surface area contributed by atoms with Crippen molar-refractivity contribution in [1.82, 2.24) is 0 Å². The van der Waals surface area contributed by atoms with Crippen molar-refractivity contribution in [2.24, 2.45) is 0 Å². The Morgan fingerprint density at radius 2 is 1.73 bits per heavy atom. The second-order valence-electron chi connectivity index (χ2n) is 4.53. The Morgan fingerprint density at radius 1 is 1.20 bits per heavy atom. The molecule has 1 aromatic rings. The Hall–Kier alpha value is 0.124. The van der Waals surface area contributed by atoms with Crippen LogP contribution in [-0.2, 0) is 38.1 Å². The summed E-state index contributed by atoms with van der Waals surface area (Å²) in [5.74, 6) is 0. The molecule has 0 aliphatic carbocycles. The zero-order valence-corrected chi connectivity index (χ0v) is 13.2. The van der Waals surface area contributed by atoms with E-state index in [9.17, 15) is 0 Å². The van der Waals surface area contributed by atoms with Crippen molar-refractivity contribution in [2.45, 2.75) is 32.2 Å². The fourth-order valence-corrected chi connectivity index (χ4v) is 2.24. The molecule has 1 atom stereocenters. The maximum absolute atomic E-state index is 2.37. The predicted octanol–water partition coefficient (Wildman–Crippen LogP) is 3.25. The van der Waals surface area contributed by atoms with Gasteiger partial charge in [0.25, 0.3) is 0 Å². The summed E-state index contributed by atoms with van der Waals surface area (Å²) in [5.41, 5.74) is 3.15. The number of rotatable bonds is 0. The summed E-state index contributed by atoms with van der Waals surface area (Å²) < 4.78 is 0.